The summed E-state index contributed by atoms with van der Waals surface area (Å²) in [6.45, 7) is 4.69. The minimum absolute atomic E-state index is 0.318. The lowest BCUT2D eigenvalue weighted by molar-refractivity contribution is -0.338. The van der Waals surface area contributed by atoms with Crippen LogP contribution in [0.3, 0.4) is 0 Å². The van der Waals surface area contributed by atoms with E-state index in [2.05, 4.69) is 6.92 Å². The minimum atomic E-state index is -0.487. The van der Waals surface area contributed by atoms with Crippen LogP contribution < -0.4 is 0 Å². The van der Waals surface area contributed by atoms with Gasteiger partial charge in [-0.05, 0) is 6.42 Å². The first-order valence-corrected chi connectivity index (χ1v) is 11.9. The van der Waals surface area contributed by atoms with Gasteiger partial charge in [0.05, 0.1) is 6.61 Å². The molecule has 0 N–H and O–H groups in total. The van der Waals surface area contributed by atoms with Crippen LogP contribution in [-0.2, 0) is 28.5 Å². The predicted molar refractivity (Wildman–Crippen MR) is 117 cm³/mol. The van der Waals surface area contributed by atoms with Gasteiger partial charge in [-0.3, -0.25) is 4.79 Å². The maximum Gasteiger partial charge on any atom is 0.302 e. The van der Waals surface area contributed by atoms with Crippen molar-refractivity contribution in [2.24, 2.45) is 0 Å². The van der Waals surface area contributed by atoms with E-state index in [9.17, 15) is 4.79 Å². The average Bonchev–Trinajstić information content (AvgIpc) is 2.78. The Morgan fingerprint density at radius 1 is 1.00 bits per heavy atom. The van der Waals surface area contributed by atoms with E-state index in [1.165, 1.54) is 51.9 Å². The molecule has 2 fully saturated rings. The van der Waals surface area contributed by atoms with Crippen molar-refractivity contribution in [3.8, 4) is 0 Å². The summed E-state index contributed by atoms with van der Waals surface area (Å²) in [5.41, 5.74) is 0.940. The zero-order valence-electron chi connectivity index (χ0n) is 19.0. The average molecular weight is 435 g/mol. The monoisotopic (exact) mass is 434 g/mol. The van der Waals surface area contributed by atoms with Crippen molar-refractivity contribution in [2.75, 3.05) is 13.2 Å². The molecule has 2 aliphatic heterocycles. The molecule has 3 rings (SSSR count). The molecule has 2 saturated heterocycles. The standard InChI is InChI=1S/C25H38O6/c1-3-4-5-6-7-8-9-13-16-27-23-17-21(29-19(2)26)24-22(30-23)18-28-25(31-24)20-14-11-10-12-15-20/h10-12,14-15,21-25H,3-9,13,16-18H2,1-2H3. The zero-order chi connectivity index (χ0) is 21.9. The van der Waals surface area contributed by atoms with Gasteiger partial charge < -0.3 is 23.7 Å². The number of rotatable bonds is 12. The molecule has 0 saturated carbocycles. The quantitative estimate of drug-likeness (QED) is 0.328. The fourth-order valence-electron chi connectivity index (χ4n) is 4.24. The largest absolute Gasteiger partial charge is 0.459 e. The third-order valence-electron chi connectivity index (χ3n) is 5.87. The Bertz CT molecular complexity index is 636. The minimum Gasteiger partial charge on any atom is -0.459 e. The highest BCUT2D eigenvalue weighted by molar-refractivity contribution is 5.66. The van der Waals surface area contributed by atoms with Gasteiger partial charge in [-0.1, -0.05) is 82.2 Å². The lowest BCUT2D eigenvalue weighted by atomic mass is 10.00. The van der Waals surface area contributed by atoms with Gasteiger partial charge in [0, 0.05) is 25.5 Å². The van der Waals surface area contributed by atoms with Crippen molar-refractivity contribution in [3.63, 3.8) is 0 Å². The fraction of sp³-hybridized carbons (Fsp3) is 0.720. The molecule has 0 bridgehead atoms. The normalized spacial score (nSPS) is 28.1. The van der Waals surface area contributed by atoms with Crippen LogP contribution in [0.2, 0.25) is 0 Å². The Kier molecular flexibility index (Phi) is 10.3. The molecular formula is C25H38O6. The van der Waals surface area contributed by atoms with Gasteiger partial charge in [0.1, 0.15) is 18.3 Å². The van der Waals surface area contributed by atoms with Crippen molar-refractivity contribution >= 4 is 5.97 Å². The van der Waals surface area contributed by atoms with E-state index in [0.29, 0.717) is 19.6 Å². The highest BCUT2D eigenvalue weighted by Crippen LogP contribution is 2.35. The number of benzene rings is 1. The summed E-state index contributed by atoms with van der Waals surface area (Å²) in [4.78, 5) is 11.7. The molecule has 174 valence electrons. The van der Waals surface area contributed by atoms with Crippen LogP contribution in [0.15, 0.2) is 30.3 Å². The molecule has 2 heterocycles. The van der Waals surface area contributed by atoms with E-state index < -0.39 is 18.7 Å². The number of hydrogen-bond acceptors (Lipinski definition) is 6. The van der Waals surface area contributed by atoms with Crippen LogP contribution in [-0.4, -0.2) is 43.8 Å². The molecule has 1 aromatic carbocycles. The molecule has 6 nitrogen and oxygen atoms in total. The summed E-state index contributed by atoms with van der Waals surface area (Å²) >= 11 is 0. The molecule has 1 aromatic rings. The van der Waals surface area contributed by atoms with Crippen LogP contribution in [0, 0.1) is 0 Å². The molecule has 31 heavy (non-hydrogen) atoms. The Hall–Kier alpha value is -1.47. The van der Waals surface area contributed by atoms with Crippen molar-refractivity contribution in [1.29, 1.82) is 0 Å². The van der Waals surface area contributed by atoms with Crippen LogP contribution in [0.1, 0.15) is 83.5 Å². The molecular weight excluding hydrogens is 396 g/mol. The third-order valence-corrected chi connectivity index (χ3v) is 5.87. The second-order valence-corrected chi connectivity index (χ2v) is 8.51. The maximum absolute atomic E-state index is 11.7. The molecule has 5 unspecified atom stereocenters. The topological polar surface area (TPSA) is 63.2 Å². The van der Waals surface area contributed by atoms with Crippen LogP contribution >= 0.6 is 0 Å². The Labute approximate surface area is 186 Å². The number of carbonyl (C=O) groups excluding carboxylic acids is 1. The number of hydrogen-bond donors (Lipinski definition) is 0. The summed E-state index contributed by atoms with van der Waals surface area (Å²) in [6, 6.07) is 9.78. The van der Waals surface area contributed by atoms with E-state index in [0.717, 1.165) is 12.0 Å². The fourth-order valence-corrected chi connectivity index (χ4v) is 4.24. The molecule has 5 atom stereocenters. The lowest BCUT2D eigenvalue weighted by Gasteiger charge is -2.45. The Balaban J connectivity index is 1.43. The molecule has 6 heteroatoms. The van der Waals surface area contributed by atoms with E-state index in [4.69, 9.17) is 23.7 Å². The van der Waals surface area contributed by atoms with Crippen molar-refractivity contribution in [2.45, 2.75) is 103 Å². The first-order valence-electron chi connectivity index (χ1n) is 11.9. The second kappa shape index (κ2) is 13.2. The lowest BCUT2D eigenvalue weighted by Crippen LogP contribution is -2.56. The maximum atomic E-state index is 11.7. The summed E-state index contributed by atoms with van der Waals surface area (Å²) in [5, 5.41) is 0. The summed E-state index contributed by atoms with van der Waals surface area (Å²) in [6.07, 6.45) is 8.53. The number of fused-ring (bicyclic) bond motifs is 1. The van der Waals surface area contributed by atoms with Crippen molar-refractivity contribution in [3.05, 3.63) is 35.9 Å². The predicted octanol–water partition coefficient (Wildman–Crippen LogP) is 5.30. The van der Waals surface area contributed by atoms with Crippen LogP contribution in [0.5, 0.6) is 0 Å². The molecule has 0 amide bonds. The van der Waals surface area contributed by atoms with E-state index in [1.807, 2.05) is 30.3 Å². The number of unbranched alkanes of at least 4 members (excludes halogenated alkanes) is 7. The Morgan fingerprint density at radius 3 is 2.42 bits per heavy atom. The van der Waals surface area contributed by atoms with E-state index >= 15 is 0 Å². The van der Waals surface area contributed by atoms with Crippen molar-refractivity contribution in [1.82, 2.24) is 0 Å². The number of esters is 1. The SMILES string of the molecule is CCCCCCCCCCOC1CC(OC(C)=O)C2OC(c3ccccc3)OCC2O1. The molecule has 0 aromatic heterocycles. The smallest absolute Gasteiger partial charge is 0.302 e. The van der Waals surface area contributed by atoms with Gasteiger partial charge in [0.15, 0.2) is 12.6 Å². The van der Waals surface area contributed by atoms with Gasteiger partial charge in [-0.15, -0.1) is 0 Å². The summed E-state index contributed by atoms with van der Waals surface area (Å²) < 4.78 is 29.7. The van der Waals surface area contributed by atoms with E-state index in [-0.39, 0.29) is 18.2 Å². The molecule has 2 aliphatic rings. The van der Waals surface area contributed by atoms with Crippen LogP contribution in [0.25, 0.3) is 0 Å². The molecule has 0 spiro atoms. The first kappa shape index (κ1) is 24.2. The zero-order valence-corrected chi connectivity index (χ0v) is 19.0. The first-order chi connectivity index (χ1) is 15.2. The van der Waals surface area contributed by atoms with Gasteiger partial charge in [0.2, 0.25) is 0 Å². The van der Waals surface area contributed by atoms with E-state index in [1.54, 1.807) is 0 Å². The van der Waals surface area contributed by atoms with Gasteiger partial charge >= 0.3 is 5.97 Å². The van der Waals surface area contributed by atoms with Gasteiger partial charge in [-0.2, -0.15) is 0 Å². The van der Waals surface area contributed by atoms with Gasteiger partial charge in [-0.25, -0.2) is 0 Å². The van der Waals surface area contributed by atoms with Crippen LogP contribution in [0.4, 0.5) is 0 Å². The Morgan fingerprint density at radius 2 is 1.71 bits per heavy atom. The highest BCUT2D eigenvalue weighted by Gasteiger charge is 2.46. The van der Waals surface area contributed by atoms with Gasteiger partial charge in [0.25, 0.3) is 0 Å². The summed E-state index contributed by atoms with van der Waals surface area (Å²) in [7, 11) is 0. The van der Waals surface area contributed by atoms with Crippen molar-refractivity contribution < 1.29 is 28.5 Å². The molecule has 0 aliphatic carbocycles. The molecule has 0 radical (unpaired) electrons. The number of ether oxygens (including phenoxy) is 5. The summed E-state index contributed by atoms with van der Waals surface area (Å²) in [5.74, 6) is -0.321. The third kappa shape index (κ3) is 7.86. The highest BCUT2D eigenvalue weighted by atomic mass is 16.7. The second-order valence-electron chi connectivity index (χ2n) is 8.51. The number of carbonyl (C=O) groups is 1.